The minimum absolute atomic E-state index is 0.256. The van der Waals surface area contributed by atoms with Crippen LogP contribution in [0, 0.1) is 0 Å². The van der Waals surface area contributed by atoms with E-state index in [2.05, 4.69) is 0 Å². The Morgan fingerprint density at radius 1 is 1.42 bits per heavy atom. The molecule has 0 aromatic heterocycles. The summed E-state index contributed by atoms with van der Waals surface area (Å²) in [6.07, 6.45) is 0.405. The molecule has 3 N–H and O–H groups in total. The van der Waals surface area contributed by atoms with E-state index in [-0.39, 0.29) is 6.54 Å². The number of methoxy groups -OCH3 is 2. The Morgan fingerprint density at radius 2 is 2.16 bits per heavy atom. The molecular formula is C13H18N2O4. The third-order valence-electron chi connectivity index (χ3n) is 3.45. The lowest BCUT2D eigenvalue weighted by molar-refractivity contribution is -0.142. The van der Waals surface area contributed by atoms with Gasteiger partial charge < -0.3 is 25.2 Å². The quantitative estimate of drug-likeness (QED) is 0.834. The van der Waals surface area contributed by atoms with Crippen LogP contribution in [0.3, 0.4) is 0 Å². The van der Waals surface area contributed by atoms with Crippen molar-refractivity contribution in [2.24, 2.45) is 5.73 Å². The van der Waals surface area contributed by atoms with Crippen LogP contribution in [0.25, 0.3) is 0 Å². The SMILES string of the molecule is COc1ccc(OC)c(N2CCC(N)(C(=O)O)C2)c1. The van der Waals surface area contributed by atoms with Crippen molar-refractivity contribution in [1.29, 1.82) is 0 Å². The van der Waals surface area contributed by atoms with Gasteiger partial charge in [0, 0.05) is 19.2 Å². The standard InChI is InChI=1S/C13H18N2O4/c1-18-9-3-4-11(19-2)10(7-9)15-6-5-13(14,8-15)12(16)17/h3-4,7H,5-6,8,14H2,1-2H3,(H,16,17). The highest BCUT2D eigenvalue weighted by Gasteiger charge is 2.42. The Kier molecular flexibility index (Phi) is 3.53. The molecule has 0 aliphatic carbocycles. The van der Waals surface area contributed by atoms with Crippen LogP contribution in [0.1, 0.15) is 6.42 Å². The number of ether oxygens (including phenoxy) is 2. The van der Waals surface area contributed by atoms with Crippen molar-refractivity contribution in [3.05, 3.63) is 18.2 Å². The maximum absolute atomic E-state index is 11.2. The van der Waals surface area contributed by atoms with Crippen molar-refractivity contribution in [3.63, 3.8) is 0 Å². The van der Waals surface area contributed by atoms with Crippen molar-refractivity contribution in [1.82, 2.24) is 0 Å². The highest BCUT2D eigenvalue weighted by atomic mass is 16.5. The van der Waals surface area contributed by atoms with E-state index < -0.39 is 11.5 Å². The molecule has 0 amide bonds. The van der Waals surface area contributed by atoms with Crippen molar-refractivity contribution >= 4 is 11.7 Å². The van der Waals surface area contributed by atoms with E-state index >= 15 is 0 Å². The monoisotopic (exact) mass is 266 g/mol. The highest BCUT2D eigenvalue weighted by molar-refractivity contribution is 5.81. The molecule has 2 rings (SSSR count). The first-order chi connectivity index (χ1) is 9.00. The van der Waals surface area contributed by atoms with E-state index in [1.807, 2.05) is 11.0 Å². The van der Waals surface area contributed by atoms with Gasteiger partial charge in [-0.05, 0) is 18.6 Å². The fourth-order valence-electron chi connectivity index (χ4n) is 2.26. The van der Waals surface area contributed by atoms with Crippen LogP contribution in [0.5, 0.6) is 11.5 Å². The van der Waals surface area contributed by atoms with Gasteiger partial charge in [-0.2, -0.15) is 0 Å². The Labute approximate surface area is 111 Å². The maximum Gasteiger partial charge on any atom is 0.325 e. The van der Waals surface area contributed by atoms with E-state index in [1.165, 1.54) is 0 Å². The van der Waals surface area contributed by atoms with Crippen LogP contribution in [-0.2, 0) is 4.79 Å². The fourth-order valence-corrected chi connectivity index (χ4v) is 2.26. The molecule has 104 valence electrons. The predicted molar refractivity (Wildman–Crippen MR) is 70.9 cm³/mol. The van der Waals surface area contributed by atoms with Gasteiger partial charge in [0.15, 0.2) is 0 Å². The molecule has 1 atom stereocenters. The Hall–Kier alpha value is -1.95. The van der Waals surface area contributed by atoms with Gasteiger partial charge in [-0.15, -0.1) is 0 Å². The maximum atomic E-state index is 11.2. The van der Waals surface area contributed by atoms with Gasteiger partial charge in [0.2, 0.25) is 0 Å². The molecule has 1 aliphatic rings. The zero-order valence-corrected chi connectivity index (χ0v) is 11.0. The van der Waals surface area contributed by atoms with Crippen molar-refractivity contribution in [2.75, 3.05) is 32.2 Å². The molecule has 1 saturated heterocycles. The van der Waals surface area contributed by atoms with Crippen molar-refractivity contribution < 1.29 is 19.4 Å². The lowest BCUT2D eigenvalue weighted by Crippen LogP contribution is -2.50. The number of aliphatic carboxylic acids is 1. The number of benzene rings is 1. The molecule has 1 aromatic rings. The summed E-state index contributed by atoms with van der Waals surface area (Å²) in [7, 11) is 3.16. The molecule has 0 bridgehead atoms. The molecule has 6 heteroatoms. The average molecular weight is 266 g/mol. The van der Waals surface area contributed by atoms with Crippen LogP contribution < -0.4 is 20.1 Å². The summed E-state index contributed by atoms with van der Waals surface area (Å²) in [5, 5.41) is 9.16. The van der Waals surface area contributed by atoms with E-state index in [0.29, 0.717) is 24.5 Å². The summed E-state index contributed by atoms with van der Waals surface area (Å²) in [6, 6.07) is 5.42. The number of hydrogen-bond donors (Lipinski definition) is 2. The van der Waals surface area contributed by atoms with Crippen LogP contribution >= 0.6 is 0 Å². The summed E-state index contributed by atoms with van der Waals surface area (Å²) < 4.78 is 10.5. The number of rotatable bonds is 4. The first-order valence-corrected chi connectivity index (χ1v) is 5.99. The second-order valence-corrected chi connectivity index (χ2v) is 4.67. The summed E-state index contributed by atoms with van der Waals surface area (Å²) in [6.45, 7) is 0.832. The zero-order chi connectivity index (χ0) is 14.0. The molecule has 0 spiro atoms. The molecule has 19 heavy (non-hydrogen) atoms. The molecule has 1 unspecified atom stereocenters. The molecule has 0 saturated carbocycles. The fraction of sp³-hybridized carbons (Fsp3) is 0.462. The van der Waals surface area contributed by atoms with Gasteiger partial charge in [-0.1, -0.05) is 0 Å². The summed E-state index contributed by atoms with van der Waals surface area (Å²) >= 11 is 0. The molecule has 1 heterocycles. The Bertz CT molecular complexity index is 492. The summed E-state index contributed by atoms with van der Waals surface area (Å²) in [5.41, 5.74) is 5.48. The number of nitrogens with zero attached hydrogens (tertiary/aromatic N) is 1. The molecule has 1 fully saturated rings. The molecule has 1 aromatic carbocycles. The van der Waals surface area contributed by atoms with E-state index in [4.69, 9.17) is 20.3 Å². The van der Waals surface area contributed by atoms with Gasteiger partial charge in [-0.25, -0.2) is 0 Å². The topological polar surface area (TPSA) is 85.0 Å². The van der Waals surface area contributed by atoms with Gasteiger partial charge >= 0.3 is 5.97 Å². The van der Waals surface area contributed by atoms with E-state index in [0.717, 1.165) is 5.69 Å². The second kappa shape index (κ2) is 4.97. The third-order valence-corrected chi connectivity index (χ3v) is 3.45. The van der Waals surface area contributed by atoms with Gasteiger partial charge in [0.25, 0.3) is 0 Å². The number of carboxylic acid groups (broad SMARTS) is 1. The van der Waals surface area contributed by atoms with Crippen LogP contribution in [-0.4, -0.2) is 43.9 Å². The van der Waals surface area contributed by atoms with Crippen LogP contribution in [0.2, 0.25) is 0 Å². The minimum Gasteiger partial charge on any atom is -0.497 e. The number of anilines is 1. The summed E-state index contributed by atoms with van der Waals surface area (Å²) in [5.74, 6) is 0.396. The molecule has 0 radical (unpaired) electrons. The lowest BCUT2D eigenvalue weighted by Gasteiger charge is -2.23. The van der Waals surface area contributed by atoms with E-state index in [9.17, 15) is 4.79 Å². The third kappa shape index (κ3) is 2.44. The Morgan fingerprint density at radius 3 is 2.68 bits per heavy atom. The zero-order valence-electron chi connectivity index (χ0n) is 11.0. The number of hydrogen-bond acceptors (Lipinski definition) is 5. The second-order valence-electron chi connectivity index (χ2n) is 4.67. The normalized spacial score (nSPS) is 22.4. The minimum atomic E-state index is -1.20. The molecule has 1 aliphatic heterocycles. The van der Waals surface area contributed by atoms with Crippen molar-refractivity contribution in [3.8, 4) is 11.5 Å². The van der Waals surface area contributed by atoms with Crippen LogP contribution in [0.4, 0.5) is 5.69 Å². The van der Waals surface area contributed by atoms with Gasteiger partial charge in [0.1, 0.15) is 17.0 Å². The molecular weight excluding hydrogens is 248 g/mol. The van der Waals surface area contributed by atoms with Crippen LogP contribution in [0.15, 0.2) is 18.2 Å². The largest absolute Gasteiger partial charge is 0.497 e. The molecule has 6 nitrogen and oxygen atoms in total. The number of carbonyl (C=O) groups is 1. The Balaban J connectivity index is 2.30. The smallest absolute Gasteiger partial charge is 0.325 e. The highest BCUT2D eigenvalue weighted by Crippen LogP contribution is 2.35. The van der Waals surface area contributed by atoms with E-state index in [1.54, 1.807) is 26.4 Å². The summed E-state index contributed by atoms with van der Waals surface area (Å²) in [4.78, 5) is 13.1. The van der Waals surface area contributed by atoms with Gasteiger partial charge in [0.05, 0.1) is 19.9 Å². The van der Waals surface area contributed by atoms with Crippen molar-refractivity contribution in [2.45, 2.75) is 12.0 Å². The van der Waals surface area contributed by atoms with Gasteiger partial charge in [-0.3, -0.25) is 4.79 Å². The first-order valence-electron chi connectivity index (χ1n) is 5.99. The first kappa shape index (κ1) is 13.5. The predicted octanol–water partition coefficient (Wildman–Crippen LogP) is 0.696. The number of carboxylic acids is 1. The lowest BCUT2D eigenvalue weighted by atomic mass is 10.0. The average Bonchev–Trinajstić information content (AvgIpc) is 2.82. The number of nitrogens with two attached hydrogens (primary N) is 1.